The Labute approximate surface area is 190 Å². The Morgan fingerprint density at radius 2 is 1.52 bits per heavy atom. The average Bonchev–Trinajstić information content (AvgIpc) is 3.10. The van der Waals surface area contributed by atoms with Crippen LogP contribution in [-0.4, -0.2) is 48.9 Å². The summed E-state index contributed by atoms with van der Waals surface area (Å²) in [6.07, 6.45) is 3.47. The summed E-state index contributed by atoms with van der Waals surface area (Å²) in [4.78, 5) is 13.2. The van der Waals surface area contributed by atoms with Gasteiger partial charge in [0, 0.05) is 36.9 Å². The lowest BCUT2D eigenvalue weighted by atomic mass is 10.1. The molecule has 0 radical (unpaired) electrons. The first-order chi connectivity index (χ1) is 15.5. The standard InChI is InChI=1S/C22H19FN4O4S2/c1-27-20(21-24-13-12-18(25-21)33(3,30)31)19(14-8-10-15(23)11-9-14)26-22(27)16-6-4-5-7-17(16)32(2,28)29/h4-13H,1-3H3. The molecule has 8 nitrogen and oxygen atoms in total. The van der Waals surface area contributed by atoms with Gasteiger partial charge < -0.3 is 4.57 Å². The van der Waals surface area contributed by atoms with Crippen molar-refractivity contribution in [2.75, 3.05) is 12.5 Å². The number of benzene rings is 2. The fourth-order valence-corrected chi connectivity index (χ4v) is 4.89. The van der Waals surface area contributed by atoms with Gasteiger partial charge in [-0.1, -0.05) is 12.1 Å². The number of imidazole rings is 1. The zero-order chi connectivity index (χ0) is 24.0. The first kappa shape index (κ1) is 22.7. The summed E-state index contributed by atoms with van der Waals surface area (Å²) in [7, 11) is -5.53. The minimum Gasteiger partial charge on any atom is -0.324 e. The topological polar surface area (TPSA) is 112 Å². The summed E-state index contributed by atoms with van der Waals surface area (Å²) in [6.45, 7) is 0. The van der Waals surface area contributed by atoms with Crippen molar-refractivity contribution < 1.29 is 21.2 Å². The maximum absolute atomic E-state index is 13.6. The van der Waals surface area contributed by atoms with Gasteiger partial charge in [0.05, 0.1) is 4.90 Å². The summed E-state index contributed by atoms with van der Waals surface area (Å²) >= 11 is 0. The predicted octanol–water partition coefficient (Wildman–Crippen LogP) is 3.16. The highest BCUT2D eigenvalue weighted by Crippen LogP contribution is 2.36. The first-order valence-electron chi connectivity index (χ1n) is 9.62. The van der Waals surface area contributed by atoms with Crippen molar-refractivity contribution >= 4 is 19.7 Å². The molecule has 2 aromatic carbocycles. The molecule has 0 aliphatic heterocycles. The fraction of sp³-hybridized carbons (Fsp3) is 0.136. The minimum absolute atomic E-state index is 0.0790. The second-order valence-electron chi connectivity index (χ2n) is 7.46. The van der Waals surface area contributed by atoms with E-state index < -0.39 is 25.5 Å². The van der Waals surface area contributed by atoms with E-state index in [2.05, 4.69) is 15.0 Å². The monoisotopic (exact) mass is 486 g/mol. The summed E-state index contributed by atoms with van der Waals surface area (Å²) < 4.78 is 64.1. The van der Waals surface area contributed by atoms with Gasteiger partial charge in [0.25, 0.3) is 0 Å². The second kappa shape index (κ2) is 8.16. The molecule has 0 N–H and O–H groups in total. The van der Waals surface area contributed by atoms with Crippen molar-refractivity contribution in [1.82, 2.24) is 19.5 Å². The Bertz CT molecular complexity index is 1580. The highest BCUT2D eigenvalue weighted by atomic mass is 32.2. The molecule has 33 heavy (non-hydrogen) atoms. The van der Waals surface area contributed by atoms with Crippen LogP contribution in [0.2, 0.25) is 0 Å². The molecule has 4 rings (SSSR count). The van der Waals surface area contributed by atoms with Crippen molar-refractivity contribution in [3.63, 3.8) is 0 Å². The number of sulfone groups is 2. The molecule has 170 valence electrons. The van der Waals surface area contributed by atoms with Gasteiger partial charge in [0.1, 0.15) is 23.0 Å². The largest absolute Gasteiger partial charge is 0.324 e. The highest BCUT2D eigenvalue weighted by molar-refractivity contribution is 7.91. The van der Waals surface area contributed by atoms with E-state index in [-0.39, 0.29) is 15.7 Å². The number of halogens is 1. The molecule has 11 heteroatoms. The normalized spacial score (nSPS) is 12.1. The third kappa shape index (κ3) is 4.41. The zero-order valence-corrected chi connectivity index (χ0v) is 19.5. The van der Waals surface area contributed by atoms with Gasteiger partial charge in [0.15, 0.2) is 30.5 Å². The number of hydrogen-bond acceptors (Lipinski definition) is 7. The number of hydrogen-bond donors (Lipinski definition) is 0. The zero-order valence-electron chi connectivity index (χ0n) is 17.9. The van der Waals surface area contributed by atoms with Crippen molar-refractivity contribution in [2.24, 2.45) is 7.05 Å². The average molecular weight is 487 g/mol. The van der Waals surface area contributed by atoms with Gasteiger partial charge in [0.2, 0.25) is 0 Å². The number of rotatable bonds is 5. The van der Waals surface area contributed by atoms with Crippen LogP contribution in [0.25, 0.3) is 34.2 Å². The van der Waals surface area contributed by atoms with Crippen LogP contribution in [-0.2, 0) is 26.7 Å². The fourth-order valence-electron chi connectivity index (χ4n) is 3.44. The number of nitrogens with zero attached hydrogens (tertiary/aromatic N) is 4. The molecule has 0 aliphatic rings. The molecular formula is C22H19FN4O4S2. The molecule has 0 spiro atoms. The van der Waals surface area contributed by atoms with E-state index in [0.717, 1.165) is 12.5 Å². The molecule has 0 unspecified atom stereocenters. The summed E-state index contributed by atoms with van der Waals surface area (Å²) in [5.74, 6) is -0.0526. The van der Waals surface area contributed by atoms with Gasteiger partial charge in [-0.2, -0.15) is 0 Å². The molecule has 2 aromatic heterocycles. The van der Waals surface area contributed by atoms with E-state index in [1.54, 1.807) is 29.8 Å². The van der Waals surface area contributed by atoms with Crippen LogP contribution in [0.5, 0.6) is 0 Å². The van der Waals surface area contributed by atoms with Crippen LogP contribution in [0.3, 0.4) is 0 Å². The van der Waals surface area contributed by atoms with E-state index in [4.69, 9.17) is 0 Å². The highest BCUT2D eigenvalue weighted by Gasteiger charge is 2.25. The van der Waals surface area contributed by atoms with Crippen LogP contribution >= 0.6 is 0 Å². The van der Waals surface area contributed by atoms with E-state index in [9.17, 15) is 21.2 Å². The van der Waals surface area contributed by atoms with E-state index >= 15 is 0 Å². The number of aromatic nitrogens is 4. The predicted molar refractivity (Wildman–Crippen MR) is 121 cm³/mol. The third-order valence-electron chi connectivity index (χ3n) is 4.96. The summed E-state index contributed by atoms with van der Waals surface area (Å²) in [5, 5.41) is -0.170. The molecule has 4 aromatic rings. The first-order valence-corrected chi connectivity index (χ1v) is 13.4. The summed E-state index contributed by atoms with van der Waals surface area (Å²) in [5.41, 5.74) is 1.58. The van der Waals surface area contributed by atoms with Crippen molar-refractivity contribution in [2.45, 2.75) is 9.92 Å². The van der Waals surface area contributed by atoms with E-state index in [1.165, 1.54) is 42.6 Å². The summed E-state index contributed by atoms with van der Waals surface area (Å²) in [6, 6.07) is 13.3. The van der Waals surface area contributed by atoms with Crippen LogP contribution in [0.4, 0.5) is 4.39 Å². The van der Waals surface area contributed by atoms with Gasteiger partial charge in [-0.15, -0.1) is 0 Å². The molecule has 0 aliphatic carbocycles. The molecule has 0 amide bonds. The molecule has 0 bridgehead atoms. The van der Waals surface area contributed by atoms with Crippen LogP contribution in [0, 0.1) is 5.82 Å². The van der Waals surface area contributed by atoms with Crippen molar-refractivity contribution in [3.8, 4) is 34.2 Å². The molecule has 0 saturated heterocycles. The minimum atomic E-state index is -3.61. The molecule has 0 fully saturated rings. The van der Waals surface area contributed by atoms with Gasteiger partial charge in [-0.3, -0.25) is 0 Å². The molecular weight excluding hydrogens is 467 g/mol. The van der Waals surface area contributed by atoms with Crippen LogP contribution < -0.4 is 0 Å². The third-order valence-corrected chi connectivity index (χ3v) is 7.10. The second-order valence-corrected chi connectivity index (χ2v) is 11.4. The Morgan fingerprint density at radius 1 is 0.848 bits per heavy atom. The lowest BCUT2D eigenvalue weighted by Crippen LogP contribution is -2.06. The van der Waals surface area contributed by atoms with Crippen LogP contribution in [0.15, 0.2) is 70.7 Å². The van der Waals surface area contributed by atoms with Gasteiger partial charge in [-0.25, -0.2) is 36.2 Å². The molecule has 0 atom stereocenters. The Kier molecular flexibility index (Phi) is 5.62. The van der Waals surface area contributed by atoms with Crippen LogP contribution in [0.1, 0.15) is 0 Å². The van der Waals surface area contributed by atoms with E-state index in [1.807, 2.05) is 0 Å². The van der Waals surface area contributed by atoms with Gasteiger partial charge >= 0.3 is 0 Å². The van der Waals surface area contributed by atoms with Crippen molar-refractivity contribution in [1.29, 1.82) is 0 Å². The Balaban J connectivity index is 2.06. The maximum atomic E-state index is 13.6. The lowest BCUT2D eigenvalue weighted by Gasteiger charge is -2.10. The molecule has 0 saturated carbocycles. The van der Waals surface area contributed by atoms with E-state index in [0.29, 0.717) is 28.3 Å². The quantitative estimate of drug-likeness (QED) is 0.398. The van der Waals surface area contributed by atoms with Gasteiger partial charge in [-0.05, 0) is 42.5 Å². The Morgan fingerprint density at radius 3 is 2.15 bits per heavy atom. The molecule has 2 heterocycles. The smallest absolute Gasteiger partial charge is 0.192 e. The Hall–Kier alpha value is -3.44. The van der Waals surface area contributed by atoms with Crippen molar-refractivity contribution in [3.05, 3.63) is 66.6 Å². The maximum Gasteiger partial charge on any atom is 0.192 e. The SMILES string of the molecule is Cn1c(-c2ccccc2S(C)(=O)=O)nc(-c2ccc(F)cc2)c1-c1nccc(S(C)(=O)=O)n1. The lowest BCUT2D eigenvalue weighted by molar-refractivity contribution is 0.597.